The Balaban J connectivity index is 1.98. The largest absolute Gasteiger partial charge is 0.376 e. The van der Waals surface area contributed by atoms with Gasteiger partial charge in [0.1, 0.15) is 0 Å². The van der Waals surface area contributed by atoms with E-state index in [1.54, 1.807) is 0 Å². The maximum Gasteiger partial charge on any atom is 0.200 e. The van der Waals surface area contributed by atoms with E-state index < -0.39 is 0 Å². The lowest BCUT2D eigenvalue weighted by Gasteiger charge is -2.23. The third-order valence-electron chi connectivity index (χ3n) is 2.21. The van der Waals surface area contributed by atoms with Crippen molar-refractivity contribution in [2.75, 3.05) is 25.6 Å². The molecule has 0 bridgehead atoms. The van der Waals surface area contributed by atoms with Gasteiger partial charge in [-0.1, -0.05) is 0 Å². The molecule has 1 aromatic rings. The van der Waals surface area contributed by atoms with Crippen LogP contribution in [0.25, 0.3) is 0 Å². The Morgan fingerprint density at radius 2 is 2.50 bits per heavy atom. The highest BCUT2D eigenvalue weighted by Gasteiger charge is 2.15. The summed E-state index contributed by atoms with van der Waals surface area (Å²) < 4.78 is 12.7. The third-order valence-corrected chi connectivity index (χ3v) is 2.21. The fourth-order valence-corrected chi connectivity index (χ4v) is 1.57. The predicted molar refractivity (Wildman–Crippen MR) is 51.9 cm³/mol. The van der Waals surface area contributed by atoms with E-state index in [-0.39, 0.29) is 6.10 Å². The van der Waals surface area contributed by atoms with Crippen LogP contribution in [0.2, 0.25) is 0 Å². The molecular formula is C9H15N3O2. The number of nitrogens with zero attached hydrogens (tertiary/aromatic N) is 2. The standard InChI is InChI=1S/C9H15N3O2/c1-7-4-12(9(10)11-7)5-8-6-13-2-3-14-8/h4,8H,2-3,5-6H2,1H3,(H2,10,11). The number of nitrogen functional groups attached to an aromatic ring is 1. The van der Waals surface area contributed by atoms with Crippen molar-refractivity contribution in [3.8, 4) is 0 Å². The molecule has 78 valence electrons. The van der Waals surface area contributed by atoms with Gasteiger partial charge < -0.3 is 19.8 Å². The molecule has 1 fully saturated rings. The number of aromatic nitrogens is 2. The monoisotopic (exact) mass is 197 g/mol. The molecule has 1 saturated heterocycles. The molecule has 0 amide bonds. The van der Waals surface area contributed by atoms with Gasteiger partial charge in [0.25, 0.3) is 0 Å². The van der Waals surface area contributed by atoms with Crippen LogP contribution in [0.4, 0.5) is 5.95 Å². The van der Waals surface area contributed by atoms with Crippen LogP contribution in [0.3, 0.4) is 0 Å². The van der Waals surface area contributed by atoms with Crippen molar-refractivity contribution in [3.05, 3.63) is 11.9 Å². The Labute approximate surface area is 82.8 Å². The third kappa shape index (κ3) is 2.05. The molecule has 2 heterocycles. The Morgan fingerprint density at radius 3 is 3.07 bits per heavy atom. The van der Waals surface area contributed by atoms with Gasteiger partial charge in [-0.2, -0.15) is 0 Å². The van der Waals surface area contributed by atoms with Crippen molar-refractivity contribution >= 4 is 5.95 Å². The van der Waals surface area contributed by atoms with Gasteiger partial charge in [0.15, 0.2) is 5.95 Å². The SMILES string of the molecule is Cc1cn(CC2COCCO2)c(N)n1. The number of aryl methyl sites for hydroxylation is 1. The van der Waals surface area contributed by atoms with E-state index in [1.807, 2.05) is 17.7 Å². The smallest absolute Gasteiger partial charge is 0.200 e. The highest BCUT2D eigenvalue weighted by molar-refractivity contribution is 5.21. The van der Waals surface area contributed by atoms with Crippen LogP contribution < -0.4 is 5.73 Å². The molecule has 5 heteroatoms. The van der Waals surface area contributed by atoms with Gasteiger partial charge in [-0.05, 0) is 6.92 Å². The average molecular weight is 197 g/mol. The highest BCUT2D eigenvalue weighted by Crippen LogP contribution is 2.09. The van der Waals surface area contributed by atoms with E-state index in [0.717, 1.165) is 5.69 Å². The number of imidazole rings is 1. The molecule has 0 spiro atoms. The second kappa shape index (κ2) is 3.98. The van der Waals surface area contributed by atoms with Crippen LogP contribution in [-0.2, 0) is 16.0 Å². The second-order valence-corrected chi connectivity index (χ2v) is 3.46. The first-order valence-electron chi connectivity index (χ1n) is 4.74. The molecule has 1 unspecified atom stereocenters. The van der Waals surface area contributed by atoms with Gasteiger partial charge in [-0.25, -0.2) is 4.98 Å². The molecule has 0 radical (unpaired) electrons. The van der Waals surface area contributed by atoms with Gasteiger partial charge >= 0.3 is 0 Å². The summed E-state index contributed by atoms with van der Waals surface area (Å²) in [5.74, 6) is 0.539. The number of hydrogen-bond acceptors (Lipinski definition) is 4. The van der Waals surface area contributed by atoms with Gasteiger partial charge in [0.2, 0.25) is 0 Å². The van der Waals surface area contributed by atoms with Gasteiger partial charge in [-0.3, -0.25) is 0 Å². The predicted octanol–water partition coefficient (Wildman–Crippen LogP) is 0.189. The van der Waals surface area contributed by atoms with Crippen molar-refractivity contribution in [1.29, 1.82) is 0 Å². The lowest BCUT2D eigenvalue weighted by atomic mass is 10.3. The summed E-state index contributed by atoms with van der Waals surface area (Å²) in [4.78, 5) is 4.12. The van der Waals surface area contributed by atoms with Crippen molar-refractivity contribution < 1.29 is 9.47 Å². The van der Waals surface area contributed by atoms with E-state index >= 15 is 0 Å². The number of rotatable bonds is 2. The van der Waals surface area contributed by atoms with Crippen molar-refractivity contribution in [2.45, 2.75) is 19.6 Å². The number of ether oxygens (including phenoxy) is 2. The van der Waals surface area contributed by atoms with Gasteiger partial charge in [0, 0.05) is 6.20 Å². The first-order valence-corrected chi connectivity index (χ1v) is 4.74. The molecule has 1 atom stereocenters. The molecule has 14 heavy (non-hydrogen) atoms. The Kier molecular flexibility index (Phi) is 2.69. The minimum Gasteiger partial charge on any atom is -0.376 e. The molecule has 0 saturated carbocycles. The van der Waals surface area contributed by atoms with Crippen molar-refractivity contribution in [1.82, 2.24) is 9.55 Å². The van der Waals surface area contributed by atoms with Crippen LogP contribution >= 0.6 is 0 Å². The quantitative estimate of drug-likeness (QED) is 0.735. The molecule has 1 aliphatic heterocycles. The summed E-state index contributed by atoms with van der Waals surface area (Å²) in [6.07, 6.45) is 2.02. The number of anilines is 1. The maximum atomic E-state index is 5.71. The zero-order valence-electron chi connectivity index (χ0n) is 8.27. The topological polar surface area (TPSA) is 62.3 Å². The fourth-order valence-electron chi connectivity index (χ4n) is 1.57. The molecule has 2 N–H and O–H groups in total. The van der Waals surface area contributed by atoms with Crippen LogP contribution in [-0.4, -0.2) is 35.5 Å². The lowest BCUT2D eigenvalue weighted by Crippen LogP contribution is -2.32. The first kappa shape index (κ1) is 9.48. The second-order valence-electron chi connectivity index (χ2n) is 3.46. The molecule has 1 aliphatic rings. The summed E-state index contributed by atoms with van der Waals surface area (Å²) in [6, 6.07) is 0. The summed E-state index contributed by atoms with van der Waals surface area (Å²) in [5.41, 5.74) is 6.64. The molecule has 5 nitrogen and oxygen atoms in total. The molecule has 0 aromatic carbocycles. The van der Waals surface area contributed by atoms with E-state index in [9.17, 15) is 0 Å². The fraction of sp³-hybridized carbons (Fsp3) is 0.667. The highest BCUT2D eigenvalue weighted by atomic mass is 16.6. The van der Waals surface area contributed by atoms with E-state index in [0.29, 0.717) is 32.3 Å². The minimum absolute atomic E-state index is 0.0969. The average Bonchev–Trinajstić information content (AvgIpc) is 2.47. The van der Waals surface area contributed by atoms with E-state index in [2.05, 4.69) is 4.98 Å². The maximum absolute atomic E-state index is 5.71. The zero-order valence-corrected chi connectivity index (χ0v) is 8.27. The van der Waals surface area contributed by atoms with Crippen LogP contribution in [0.5, 0.6) is 0 Å². The normalized spacial score (nSPS) is 22.5. The van der Waals surface area contributed by atoms with Crippen molar-refractivity contribution in [2.24, 2.45) is 0 Å². The lowest BCUT2D eigenvalue weighted by molar-refractivity contribution is -0.0934. The Bertz CT molecular complexity index is 305. The van der Waals surface area contributed by atoms with Gasteiger partial charge in [-0.15, -0.1) is 0 Å². The molecule has 2 rings (SSSR count). The summed E-state index contributed by atoms with van der Waals surface area (Å²) >= 11 is 0. The van der Waals surface area contributed by atoms with E-state index in [1.165, 1.54) is 0 Å². The summed E-state index contributed by atoms with van der Waals surface area (Å²) in [6.45, 7) is 4.63. The molecular weight excluding hydrogens is 182 g/mol. The minimum atomic E-state index is 0.0969. The Hall–Kier alpha value is -1.07. The first-order chi connectivity index (χ1) is 6.75. The summed E-state index contributed by atoms with van der Waals surface area (Å²) in [5, 5.41) is 0. The van der Waals surface area contributed by atoms with Crippen LogP contribution in [0, 0.1) is 6.92 Å². The van der Waals surface area contributed by atoms with E-state index in [4.69, 9.17) is 15.2 Å². The number of hydrogen-bond donors (Lipinski definition) is 1. The van der Waals surface area contributed by atoms with Crippen LogP contribution in [0.15, 0.2) is 6.20 Å². The van der Waals surface area contributed by atoms with Gasteiger partial charge in [0.05, 0.1) is 38.2 Å². The molecule has 0 aliphatic carbocycles. The van der Waals surface area contributed by atoms with Crippen molar-refractivity contribution in [3.63, 3.8) is 0 Å². The van der Waals surface area contributed by atoms with Crippen LogP contribution in [0.1, 0.15) is 5.69 Å². The number of nitrogens with two attached hydrogens (primary N) is 1. The summed E-state index contributed by atoms with van der Waals surface area (Å²) in [7, 11) is 0. The Morgan fingerprint density at radius 1 is 1.64 bits per heavy atom. The molecule has 1 aromatic heterocycles. The zero-order chi connectivity index (χ0) is 9.97.